The van der Waals surface area contributed by atoms with Crippen molar-refractivity contribution in [2.24, 2.45) is 10.1 Å². The number of hydrogen-bond acceptors (Lipinski definition) is 5. The van der Waals surface area contributed by atoms with Crippen LogP contribution in [0.15, 0.2) is 52.4 Å². The molecule has 0 unspecified atom stereocenters. The van der Waals surface area contributed by atoms with Crippen molar-refractivity contribution < 1.29 is 17.9 Å². The second-order valence-corrected chi connectivity index (χ2v) is 8.00. The highest BCUT2D eigenvalue weighted by Crippen LogP contribution is 2.28. The van der Waals surface area contributed by atoms with Gasteiger partial charge in [-0.05, 0) is 55.7 Å². The number of primary sulfonamides is 1. The number of benzene rings is 2. The van der Waals surface area contributed by atoms with Crippen LogP contribution in [0.2, 0.25) is 0 Å². The Morgan fingerprint density at radius 2 is 1.73 bits per heavy atom. The molecule has 0 amide bonds. The SMILES string of the molecule is CCOc1ccc(CCNC(=NC)NCc2cccc(S(N)(=O)=O)c2)cc1OCC. The predicted octanol–water partition coefficient (Wildman–Crippen LogP) is 2.04. The molecule has 0 aromatic heterocycles. The van der Waals surface area contributed by atoms with Crippen LogP contribution in [0.1, 0.15) is 25.0 Å². The average Bonchev–Trinajstić information content (AvgIpc) is 2.72. The molecule has 0 heterocycles. The summed E-state index contributed by atoms with van der Waals surface area (Å²) in [5, 5.41) is 11.6. The van der Waals surface area contributed by atoms with Crippen LogP contribution in [0, 0.1) is 0 Å². The molecule has 0 radical (unpaired) electrons. The van der Waals surface area contributed by atoms with Gasteiger partial charge in [0.25, 0.3) is 0 Å². The molecule has 9 heteroatoms. The van der Waals surface area contributed by atoms with Gasteiger partial charge in [-0.15, -0.1) is 0 Å². The van der Waals surface area contributed by atoms with Crippen LogP contribution in [-0.4, -0.2) is 41.2 Å². The summed E-state index contributed by atoms with van der Waals surface area (Å²) < 4.78 is 34.2. The van der Waals surface area contributed by atoms with Crippen molar-refractivity contribution in [3.05, 3.63) is 53.6 Å². The Bertz CT molecular complexity index is 961. The Hall–Kier alpha value is -2.78. The summed E-state index contributed by atoms with van der Waals surface area (Å²) in [4.78, 5) is 4.29. The minimum absolute atomic E-state index is 0.0883. The fourth-order valence-corrected chi connectivity index (χ4v) is 3.40. The van der Waals surface area contributed by atoms with Gasteiger partial charge in [-0.1, -0.05) is 18.2 Å². The Morgan fingerprint density at radius 3 is 2.40 bits per heavy atom. The van der Waals surface area contributed by atoms with Crippen LogP contribution in [0.25, 0.3) is 0 Å². The van der Waals surface area contributed by atoms with Crippen LogP contribution >= 0.6 is 0 Å². The number of nitrogens with one attached hydrogen (secondary N) is 2. The van der Waals surface area contributed by atoms with Crippen molar-refractivity contribution in [3.63, 3.8) is 0 Å². The van der Waals surface area contributed by atoms with E-state index in [0.717, 1.165) is 29.0 Å². The van der Waals surface area contributed by atoms with Gasteiger partial charge in [0, 0.05) is 20.1 Å². The van der Waals surface area contributed by atoms with Crippen LogP contribution in [0.5, 0.6) is 11.5 Å². The molecular weight excluding hydrogens is 404 g/mol. The standard InChI is InChI=1S/C21H30N4O4S/c1-4-28-19-10-9-16(14-20(19)29-5-2)11-12-24-21(23-3)25-15-17-7-6-8-18(13-17)30(22,26)27/h6-10,13-14H,4-5,11-12,15H2,1-3H3,(H2,22,26,27)(H2,23,24,25). The minimum atomic E-state index is -3.72. The number of aliphatic imine (C=N–C) groups is 1. The molecule has 0 bridgehead atoms. The molecule has 164 valence electrons. The number of nitrogens with two attached hydrogens (primary N) is 1. The maximum absolute atomic E-state index is 11.5. The van der Waals surface area contributed by atoms with E-state index >= 15 is 0 Å². The third kappa shape index (κ3) is 7.23. The van der Waals surface area contributed by atoms with E-state index in [0.29, 0.717) is 32.3 Å². The quantitative estimate of drug-likeness (QED) is 0.389. The summed E-state index contributed by atoms with van der Waals surface area (Å²) in [5.74, 6) is 2.11. The average molecular weight is 435 g/mol. The topological polar surface area (TPSA) is 115 Å². The van der Waals surface area contributed by atoms with Crippen LogP contribution < -0.4 is 25.2 Å². The number of guanidine groups is 1. The van der Waals surface area contributed by atoms with Gasteiger partial charge in [0.15, 0.2) is 17.5 Å². The lowest BCUT2D eigenvalue weighted by Crippen LogP contribution is -2.37. The van der Waals surface area contributed by atoms with E-state index in [-0.39, 0.29) is 4.90 Å². The predicted molar refractivity (Wildman–Crippen MR) is 119 cm³/mol. The third-order valence-corrected chi connectivity index (χ3v) is 5.14. The van der Waals surface area contributed by atoms with Crippen molar-refractivity contribution in [1.82, 2.24) is 10.6 Å². The molecule has 30 heavy (non-hydrogen) atoms. The van der Waals surface area contributed by atoms with E-state index in [2.05, 4.69) is 15.6 Å². The van der Waals surface area contributed by atoms with Gasteiger partial charge < -0.3 is 20.1 Å². The second kappa shape index (κ2) is 11.4. The highest BCUT2D eigenvalue weighted by molar-refractivity contribution is 7.89. The minimum Gasteiger partial charge on any atom is -0.490 e. The largest absolute Gasteiger partial charge is 0.490 e. The summed E-state index contributed by atoms with van der Waals surface area (Å²) in [6.07, 6.45) is 0.772. The first-order valence-electron chi connectivity index (χ1n) is 9.82. The van der Waals surface area contributed by atoms with Gasteiger partial charge in [0.05, 0.1) is 18.1 Å². The van der Waals surface area contributed by atoms with E-state index in [1.165, 1.54) is 6.07 Å². The number of sulfonamides is 1. The lowest BCUT2D eigenvalue weighted by Gasteiger charge is -2.14. The highest BCUT2D eigenvalue weighted by atomic mass is 32.2. The zero-order valence-electron chi connectivity index (χ0n) is 17.6. The zero-order chi connectivity index (χ0) is 22.0. The monoisotopic (exact) mass is 434 g/mol. The zero-order valence-corrected chi connectivity index (χ0v) is 18.5. The number of nitrogens with zero attached hydrogens (tertiary/aromatic N) is 1. The second-order valence-electron chi connectivity index (χ2n) is 6.44. The number of rotatable bonds is 10. The molecule has 4 N–H and O–H groups in total. The first-order chi connectivity index (χ1) is 14.4. The van der Waals surface area contributed by atoms with E-state index in [9.17, 15) is 8.42 Å². The summed E-state index contributed by atoms with van der Waals surface area (Å²) in [6, 6.07) is 12.4. The Morgan fingerprint density at radius 1 is 1.00 bits per heavy atom. The molecule has 0 aliphatic carbocycles. The molecule has 8 nitrogen and oxygen atoms in total. The Balaban J connectivity index is 1.90. The first kappa shape index (κ1) is 23.5. The van der Waals surface area contributed by atoms with Crippen molar-refractivity contribution in [2.75, 3.05) is 26.8 Å². The molecular formula is C21H30N4O4S. The van der Waals surface area contributed by atoms with Crippen molar-refractivity contribution in [1.29, 1.82) is 0 Å². The molecule has 0 spiro atoms. The lowest BCUT2D eigenvalue weighted by molar-refractivity contribution is 0.287. The van der Waals surface area contributed by atoms with Crippen molar-refractivity contribution in [2.45, 2.75) is 31.7 Å². The molecule has 2 rings (SSSR count). The third-order valence-electron chi connectivity index (χ3n) is 4.22. The van der Waals surface area contributed by atoms with E-state index in [1.807, 2.05) is 38.1 Å². The number of hydrogen-bond donors (Lipinski definition) is 3. The molecule has 2 aromatic carbocycles. The fraction of sp³-hybridized carbons (Fsp3) is 0.381. The molecule has 0 fully saturated rings. The number of ether oxygens (including phenoxy) is 2. The maximum atomic E-state index is 11.5. The maximum Gasteiger partial charge on any atom is 0.238 e. The van der Waals surface area contributed by atoms with E-state index in [4.69, 9.17) is 14.6 Å². The van der Waals surface area contributed by atoms with Gasteiger partial charge in [0.2, 0.25) is 10.0 Å². The van der Waals surface area contributed by atoms with E-state index in [1.54, 1.807) is 19.2 Å². The van der Waals surface area contributed by atoms with E-state index < -0.39 is 10.0 Å². The lowest BCUT2D eigenvalue weighted by atomic mass is 10.1. The first-order valence-corrected chi connectivity index (χ1v) is 11.4. The fourth-order valence-electron chi connectivity index (χ4n) is 2.82. The van der Waals surface area contributed by atoms with Crippen LogP contribution in [0.4, 0.5) is 0 Å². The summed E-state index contributed by atoms with van der Waals surface area (Å²) in [6.45, 7) is 6.13. The van der Waals surface area contributed by atoms with Gasteiger partial charge in [-0.2, -0.15) is 0 Å². The molecule has 0 aliphatic rings. The van der Waals surface area contributed by atoms with Gasteiger partial charge >= 0.3 is 0 Å². The Labute approximate surface area is 178 Å². The molecule has 0 saturated heterocycles. The molecule has 0 atom stereocenters. The summed E-state index contributed by atoms with van der Waals surface area (Å²) in [5.41, 5.74) is 1.91. The van der Waals surface area contributed by atoms with Crippen LogP contribution in [-0.2, 0) is 23.0 Å². The molecule has 2 aromatic rings. The van der Waals surface area contributed by atoms with Crippen molar-refractivity contribution in [3.8, 4) is 11.5 Å². The van der Waals surface area contributed by atoms with Gasteiger partial charge in [-0.3, -0.25) is 4.99 Å². The molecule has 0 saturated carbocycles. The highest BCUT2D eigenvalue weighted by Gasteiger charge is 2.09. The normalized spacial score (nSPS) is 11.8. The van der Waals surface area contributed by atoms with Gasteiger partial charge in [-0.25, -0.2) is 13.6 Å². The van der Waals surface area contributed by atoms with Crippen molar-refractivity contribution >= 4 is 16.0 Å². The summed E-state index contributed by atoms with van der Waals surface area (Å²) in [7, 11) is -2.04. The smallest absolute Gasteiger partial charge is 0.238 e. The molecule has 0 aliphatic heterocycles. The van der Waals surface area contributed by atoms with Gasteiger partial charge in [0.1, 0.15) is 0 Å². The summed E-state index contributed by atoms with van der Waals surface area (Å²) >= 11 is 0. The Kier molecular flexibility index (Phi) is 8.94. The van der Waals surface area contributed by atoms with Crippen LogP contribution in [0.3, 0.4) is 0 Å².